The van der Waals surface area contributed by atoms with Crippen molar-refractivity contribution in [3.05, 3.63) is 4.88 Å². The van der Waals surface area contributed by atoms with E-state index in [9.17, 15) is 9.90 Å². The number of rotatable bonds is 4. The fourth-order valence-corrected chi connectivity index (χ4v) is 2.17. The zero-order valence-electron chi connectivity index (χ0n) is 10.1. The van der Waals surface area contributed by atoms with Crippen LogP contribution >= 0.6 is 11.3 Å². The maximum atomic E-state index is 11.2. The Hall–Kier alpha value is -1.30. The molecule has 0 unspecified atom stereocenters. The molecule has 16 heavy (non-hydrogen) atoms. The van der Waals surface area contributed by atoms with Gasteiger partial charge in [0.05, 0.1) is 12.0 Å². The molecule has 1 aromatic heterocycles. The Morgan fingerprint density at radius 1 is 1.50 bits per heavy atom. The van der Waals surface area contributed by atoms with E-state index < -0.39 is 11.4 Å². The summed E-state index contributed by atoms with van der Waals surface area (Å²) < 4.78 is 5.12. The molecule has 0 radical (unpaired) electrons. The first-order valence-electron chi connectivity index (χ1n) is 4.76. The van der Waals surface area contributed by atoms with E-state index in [1.165, 1.54) is 18.4 Å². The van der Waals surface area contributed by atoms with E-state index in [-0.39, 0.29) is 0 Å². The molecule has 1 rings (SSSR count). The van der Waals surface area contributed by atoms with Crippen LogP contribution < -0.4 is 9.64 Å². The van der Waals surface area contributed by atoms with Gasteiger partial charge in [-0.2, -0.15) is 4.98 Å². The Kier molecular flexibility index (Phi) is 3.42. The second-order valence-corrected chi connectivity index (χ2v) is 5.14. The second-order valence-electron chi connectivity index (χ2n) is 4.16. The van der Waals surface area contributed by atoms with Crippen molar-refractivity contribution in [3.63, 3.8) is 0 Å². The van der Waals surface area contributed by atoms with E-state index >= 15 is 0 Å². The summed E-state index contributed by atoms with van der Waals surface area (Å²) in [6.45, 7) is 3.29. The molecule has 90 valence electrons. The van der Waals surface area contributed by atoms with Gasteiger partial charge in [-0.3, -0.25) is 4.79 Å². The van der Waals surface area contributed by atoms with Gasteiger partial charge in [0.1, 0.15) is 5.41 Å². The number of hydrogen-bond acceptors (Lipinski definition) is 5. The number of carboxylic acid groups (broad SMARTS) is 1. The van der Waals surface area contributed by atoms with E-state index in [0.717, 1.165) is 5.13 Å². The van der Waals surface area contributed by atoms with Gasteiger partial charge in [-0.15, -0.1) is 0 Å². The predicted molar refractivity (Wildman–Crippen MR) is 63.7 cm³/mol. The molecule has 0 saturated heterocycles. The van der Waals surface area contributed by atoms with Crippen molar-refractivity contribution in [1.82, 2.24) is 4.98 Å². The molecule has 6 heteroatoms. The molecule has 0 aliphatic rings. The summed E-state index contributed by atoms with van der Waals surface area (Å²) in [6, 6.07) is 0. The zero-order valence-corrected chi connectivity index (χ0v) is 10.9. The lowest BCUT2D eigenvalue weighted by Crippen LogP contribution is -2.27. The topological polar surface area (TPSA) is 62.7 Å². The van der Waals surface area contributed by atoms with Gasteiger partial charge >= 0.3 is 5.97 Å². The van der Waals surface area contributed by atoms with E-state index in [4.69, 9.17) is 4.74 Å². The Bertz CT molecular complexity index is 399. The maximum Gasteiger partial charge on any atom is 0.314 e. The molecular formula is C10H16N2O3S. The van der Waals surface area contributed by atoms with E-state index in [1.54, 1.807) is 13.8 Å². The number of nitrogens with zero attached hydrogens (tertiary/aromatic N) is 2. The van der Waals surface area contributed by atoms with Crippen molar-refractivity contribution < 1.29 is 14.6 Å². The molecule has 0 fully saturated rings. The van der Waals surface area contributed by atoms with Crippen molar-refractivity contribution in [3.8, 4) is 5.88 Å². The smallest absolute Gasteiger partial charge is 0.314 e. The molecule has 0 aromatic carbocycles. The van der Waals surface area contributed by atoms with Gasteiger partial charge < -0.3 is 14.7 Å². The number of carbonyl (C=O) groups is 1. The summed E-state index contributed by atoms with van der Waals surface area (Å²) >= 11 is 1.34. The summed E-state index contributed by atoms with van der Waals surface area (Å²) in [5.41, 5.74) is -0.989. The third-order valence-corrected chi connectivity index (χ3v) is 3.79. The average molecular weight is 244 g/mol. The fraction of sp³-hybridized carbons (Fsp3) is 0.600. The first-order chi connectivity index (χ1) is 7.30. The van der Waals surface area contributed by atoms with Crippen LogP contribution in [0, 0.1) is 0 Å². The predicted octanol–water partition coefficient (Wildman–Crippen LogP) is 1.58. The van der Waals surface area contributed by atoms with Crippen LogP contribution in [0.15, 0.2) is 0 Å². The summed E-state index contributed by atoms with van der Waals surface area (Å²) in [7, 11) is 5.21. The number of aliphatic carboxylic acids is 1. The maximum absolute atomic E-state index is 11.2. The largest absolute Gasteiger partial charge is 0.481 e. The van der Waals surface area contributed by atoms with Crippen LogP contribution in [0.5, 0.6) is 5.88 Å². The Balaban J connectivity index is 3.27. The monoisotopic (exact) mass is 244 g/mol. The highest BCUT2D eigenvalue weighted by molar-refractivity contribution is 7.16. The number of carboxylic acids is 1. The summed E-state index contributed by atoms with van der Waals surface area (Å²) in [6.07, 6.45) is 0. The minimum atomic E-state index is -0.989. The molecule has 5 nitrogen and oxygen atoms in total. The van der Waals surface area contributed by atoms with Crippen LogP contribution in [0.25, 0.3) is 0 Å². The van der Waals surface area contributed by atoms with Crippen molar-refractivity contribution >= 4 is 22.4 Å². The van der Waals surface area contributed by atoms with Gasteiger partial charge in [0, 0.05) is 14.1 Å². The van der Waals surface area contributed by atoms with Gasteiger partial charge in [0.15, 0.2) is 5.13 Å². The van der Waals surface area contributed by atoms with Crippen LogP contribution in [0.2, 0.25) is 0 Å². The molecule has 0 saturated carbocycles. The number of thiazole rings is 1. The fourth-order valence-electron chi connectivity index (χ4n) is 1.12. The lowest BCUT2D eigenvalue weighted by atomic mass is 9.92. The summed E-state index contributed by atoms with van der Waals surface area (Å²) in [4.78, 5) is 17.9. The van der Waals surface area contributed by atoms with Crippen molar-refractivity contribution in [2.24, 2.45) is 0 Å². The van der Waals surface area contributed by atoms with E-state index in [2.05, 4.69) is 4.98 Å². The first kappa shape index (κ1) is 12.8. The molecule has 0 bridgehead atoms. The van der Waals surface area contributed by atoms with Crippen LogP contribution in [0.4, 0.5) is 5.13 Å². The third kappa shape index (κ3) is 2.11. The molecule has 1 heterocycles. The van der Waals surface area contributed by atoms with Gasteiger partial charge in [-0.1, -0.05) is 11.3 Å². The summed E-state index contributed by atoms with van der Waals surface area (Å²) in [5, 5.41) is 9.91. The van der Waals surface area contributed by atoms with Crippen LogP contribution in [-0.4, -0.2) is 37.3 Å². The van der Waals surface area contributed by atoms with Crippen LogP contribution in [0.3, 0.4) is 0 Å². The second kappa shape index (κ2) is 4.29. The number of anilines is 1. The average Bonchev–Trinajstić information content (AvgIpc) is 2.61. The molecule has 0 amide bonds. The standard InChI is InChI=1S/C10H16N2O3S/c1-10(2,8(13)14)6-7(15-5)11-9(16-6)12(3)4/h1-5H3,(H,13,14). The first-order valence-corrected chi connectivity index (χ1v) is 5.58. The van der Waals surface area contributed by atoms with Gasteiger partial charge in [0.2, 0.25) is 5.88 Å². The molecule has 0 aliphatic heterocycles. The Labute approximate surface area is 98.7 Å². The summed E-state index contributed by atoms with van der Waals surface area (Å²) in [5.74, 6) is -0.499. The minimum Gasteiger partial charge on any atom is -0.481 e. The molecule has 0 atom stereocenters. The molecule has 0 aliphatic carbocycles. The highest BCUT2D eigenvalue weighted by Gasteiger charge is 2.36. The van der Waals surface area contributed by atoms with Crippen molar-refractivity contribution in [1.29, 1.82) is 0 Å². The van der Waals surface area contributed by atoms with Gasteiger partial charge in [0.25, 0.3) is 0 Å². The van der Waals surface area contributed by atoms with Gasteiger partial charge in [-0.25, -0.2) is 0 Å². The minimum absolute atomic E-state index is 0.390. The Morgan fingerprint density at radius 2 is 2.06 bits per heavy atom. The van der Waals surface area contributed by atoms with E-state index in [0.29, 0.717) is 10.8 Å². The zero-order chi connectivity index (χ0) is 12.5. The number of methoxy groups -OCH3 is 1. The molecule has 0 spiro atoms. The molecule has 1 N–H and O–H groups in total. The molecular weight excluding hydrogens is 228 g/mol. The van der Waals surface area contributed by atoms with Crippen LogP contribution in [0.1, 0.15) is 18.7 Å². The highest BCUT2D eigenvalue weighted by Crippen LogP contribution is 2.39. The van der Waals surface area contributed by atoms with Gasteiger partial charge in [-0.05, 0) is 13.8 Å². The number of ether oxygens (including phenoxy) is 1. The third-order valence-electron chi connectivity index (χ3n) is 2.26. The van der Waals surface area contributed by atoms with Crippen molar-refractivity contribution in [2.75, 3.05) is 26.1 Å². The number of hydrogen-bond donors (Lipinski definition) is 1. The lowest BCUT2D eigenvalue weighted by molar-refractivity contribution is -0.142. The number of aromatic nitrogens is 1. The van der Waals surface area contributed by atoms with E-state index in [1.807, 2.05) is 19.0 Å². The van der Waals surface area contributed by atoms with Crippen molar-refractivity contribution in [2.45, 2.75) is 19.3 Å². The SMILES string of the molecule is COc1nc(N(C)C)sc1C(C)(C)C(=O)O. The molecule has 1 aromatic rings. The Morgan fingerprint density at radius 3 is 2.44 bits per heavy atom. The quantitative estimate of drug-likeness (QED) is 0.871. The highest BCUT2D eigenvalue weighted by atomic mass is 32.1. The normalized spacial score (nSPS) is 11.3. The van der Waals surface area contributed by atoms with Crippen LogP contribution in [-0.2, 0) is 10.2 Å². The lowest BCUT2D eigenvalue weighted by Gasteiger charge is -2.17.